The number of nitrogens with zero attached hydrogens (tertiary/aromatic N) is 2. The Bertz CT molecular complexity index is 1260. The number of aromatic nitrogens is 1. The van der Waals surface area contributed by atoms with Gasteiger partial charge in [-0.1, -0.05) is 23.5 Å². The Morgan fingerprint density at radius 1 is 1.24 bits per heavy atom. The fourth-order valence-electron chi connectivity index (χ4n) is 3.30. The number of ether oxygens (including phenoxy) is 2. The Morgan fingerprint density at radius 2 is 2.00 bits per heavy atom. The predicted molar refractivity (Wildman–Crippen MR) is 107 cm³/mol. The highest BCUT2D eigenvalue weighted by Crippen LogP contribution is 2.31. The van der Waals surface area contributed by atoms with Gasteiger partial charge in [-0.05, 0) is 36.8 Å². The molecule has 0 bridgehead atoms. The van der Waals surface area contributed by atoms with Crippen LogP contribution in [0.2, 0.25) is 0 Å². The summed E-state index contributed by atoms with van der Waals surface area (Å²) in [7, 11) is 2.90. The van der Waals surface area contributed by atoms with Crippen molar-refractivity contribution >= 4 is 23.4 Å². The van der Waals surface area contributed by atoms with Crippen LogP contribution in [-0.4, -0.2) is 24.8 Å². The third-order valence-electron chi connectivity index (χ3n) is 4.70. The fourth-order valence-corrected chi connectivity index (χ4v) is 4.35. The van der Waals surface area contributed by atoms with Crippen molar-refractivity contribution in [2.45, 2.75) is 13.0 Å². The monoisotopic (exact) mass is 410 g/mol. The number of furan rings is 1. The van der Waals surface area contributed by atoms with Crippen LogP contribution in [0.15, 0.2) is 68.3 Å². The first kappa shape index (κ1) is 18.9. The molecule has 0 saturated carbocycles. The van der Waals surface area contributed by atoms with E-state index in [1.165, 1.54) is 23.0 Å². The second-order valence-electron chi connectivity index (χ2n) is 6.40. The molecule has 1 aromatic carbocycles. The third-order valence-corrected chi connectivity index (χ3v) is 5.68. The van der Waals surface area contributed by atoms with Crippen LogP contribution in [0.1, 0.15) is 24.1 Å². The minimum absolute atomic E-state index is 0.232. The van der Waals surface area contributed by atoms with Crippen molar-refractivity contribution in [2.75, 3.05) is 14.2 Å². The first-order valence-electron chi connectivity index (χ1n) is 8.80. The van der Waals surface area contributed by atoms with E-state index in [1.54, 1.807) is 50.8 Å². The zero-order valence-electron chi connectivity index (χ0n) is 16.0. The van der Waals surface area contributed by atoms with Gasteiger partial charge in [0, 0.05) is 5.56 Å². The van der Waals surface area contributed by atoms with Crippen LogP contribution in [0, 0.1) is 0 Å². The molecule has 2 aromatic heterocycles. The molecule has 1 aliphatic rings. The Balaban J connectivity index is 1.97. The van der Waals surface area contributed by atoms with Gasteiger partial charge in [0.2, 0.25) is 0 Å². The lowest BCUT2D eigenvalue weighted by Crippen LogP contribution is -2.39. The van der Waals surface area contributed by atoms with Gasteiger partial charge in [0.1, 0.15) is 5.75 Å². The summed E-state index contributed by atoms with van der Waals surface area (Å²) < 4.78 is 17.3. The second-order valence-corrected chi connectivity index (χ2v) is 7.41. The molecule has 8 heteroatoms. The SMILES string of the molecule is COC(=O)C1=C(C)N=c2s/c(=C\c3ccoc3)c(=O)n2C1c1ccc(OC)cc1. The van der Waals surface area contributed by atoms with Gasteiger partial charge in [0.15, 0.2) is 4.80 Å². The standard InChI is InChI=1S/C21H18N2O5S/c1-12-17(20(25)27-3)18(14-4-6-15(26-2)7-5-14)23-19(24)16(29-21(23)22-12)10-13-8-9-28-11-13/h4-11,18H,1-3H3/b16-10-. The maximum Gasteiger partial charge on any atom is 0.338 e. The molecule has 0 fully saturated rings. The number of thiazole rings is 1. The number of carbonyl (C=O) groups is 1. The molecule has 0 saturated heterocycles. The number of benzene rings is 1. The second kappa shape index (κ2) is 7.56. The van der Waals surface area contributed by atoms with Gasteiger partial charge in [-0.15, -0.1) is 0 Å². The topological polar surface area (TPSA) is 83.0 Å². The highest BCUT2D eigenvalue weighted by atomic mass is 32.1. The Hall–Kier alpha value is -3.39. The summed E-state index contributed by atoms with van der Waals surface area (Å²) in [6, 6.07) is 8.37. The molecule has 7 nitrogen and oxygen atoms in total. The molecule has 1 aliphatic heterocycles. The third kappa shape index (κ3) is 3.31. The molecule has 1 atom stereocenters. The molecular formula is C21H18N2O5S. The first-order chi connectivity index (χ1) is 14.0. The summed E-state index contributed by atoms with van der Waals surface area (Å²) in [5.41, 5.74) is 2.16. The first-order valence-corrected chi connectivity index (χ1v) is 9.62. The van der Waals surface area contributed by atoms with Crippen molar-refractivity contribution in [2.24, 2.45) is 4.99 Å². The summed E-state index contributed by atoms with van der Waals surface area (Å²) in [4.78, 5) is 30.9. The molecule has 29 heavy (non-hydrogen) atoms. The number of methoxy groups -OCH3 is 2. The maximum absolute atomic E-state index is 13.3. The highest BCUT2D eigenvalue weighted by Gasteiger charge is 2.33. The Morgan fingerprint density at radius 3 is 2.62 bits per heavy atom. The molecule has 0 aliphatic carbocycles. The van der Waals surface area contributed by atoms with E-state index in [0.29, 0.717) is 26.4 Å². The van der Waals surface area contributed by atoms with E-state index in [0.717, 1.165) is 11.1 Å². The van der Waals surface area contributed by atoms with Crippen molar-refractivity contribution in [1.82, 2.24) is 4.57 Å². The van der Waals surface area contributed by atoms with E-state index in [9.17, 15) is 9.59 Å². The molecule has 0 radical (unpaired) electrons. The van der Waals surface area contributed by atoms with Crippen molar-refractivity contribution in [1.29, 1.82) is 0 Å². The van der Waals surface area contributed by atoms with Crippen LogP contribution < -0.4 is 19.6 Å². The Kier molecular flexibility index (Phi) is 4.94. The number of esters is 1. The van der Waals surface area contributed by atoms with Crippen LogP contribution in [-0.2, 0) is 9.53 Å². The molecule has 148 valence electrons. The molecule has 1 unspecified atom stereocenters. The zero-order chi connectivity index (χ0) is 20.5. The van der Waals surface area contributed by atoms with Gasteiger partial charge in [-0.25, -0.2) is 9.79 Å². The molecular weight excluding hydrogens is 392 g/mol. The molecule has 3 aromatic rings. The largest absolute Gasteiger partial charge is 0.497 e. The van der Waals surface area contributed by atoms with Gasteiger partial charge >= 0.3 is 5.97 Å². The summed E-state index contributed by atoms with van der Waals surface area (Å²) >= 11 is 1.27. The minimum Gasteiger partial charge on any atom is -0.497 e. The Labute approximate surface area is 169 Å². The lowest BCUT2D eigenvalue weighted by Gasteiger charge is -2.24. The summed E-state index contributed by atoms with van der Waals surface area (Å²) in [5.74, 6) is 0.164. The average molecular weight is 410 g/mol. The van der Waals surface area contributed by atoms with E-state index >= 15 is 0 Å². The van der Waals surface area contributed by atoms with Crippen molar-refractivity contribution < 1.29 is 18.7 Å². The molecule has 0 spiro atoms. The number of hydrogen-bond acceptors (Lipinski definition) is 7. The van der Waals surface area contributed by atoms with Gasteiger partial charge < -0.3 is 13.9 Å². The van der Waals surface area contributed by atoms with E-state index in [1.807, 2.05) is 12.1 Å². The highest BCUT2D eigenvalue weighted by molar-refractivity contribution is 7.07. The molecule has 3 heterocycles. The number of rotatable bonds is 4. The average Bonchev–Trinajstić information content (AvgIpc) is 3.35. The minimum atomic E-state index is -0.642. The quantitative estimate of drug-likeness (QED) is 0.615. The van der Waals surface area contributed by atoms with Crippen molar-refractivity contribution in [3.05, 3.63) is 84.9 Å². The van der Waals surface area contributed by atoms with E-state index in [2.05, 4.69) is 4.99 Å². The smallest absolute Gasteiger partial charge is 0.338 e. The van der Waals surface area contributed by atoms with Gasteiger partial charge in [0.25, 0.3) is 5.56 Å². The maximum atomic E-state index is 13.3. The molecule has 0 N–H and O–H groups in total. The van der Waals surface area contributed by atoms with Gasteiger partial charge in [0.05, 0.1) is 48.6 Å². The summed E-state index contributed by atoms with van der Waals surface area (Å²) in [5, 5.41) is 0. The summed E-state index contributed by atoms with van der Waals surface area (Å²) in [6.45, 7) is 1.75. The normalized spacial score (nSPS) is 16.4. The number of fused-ring (bicyclic) bond motifs is 1. The van der Waals surface area contributed by atoms with Crippen LogP contribution in [0.5, 0.6) is 5.75 Å². The van der Waals surface area contributed by atoms with Crippen LogP contribution >= 0.6 is 11.3 Å². The lowest BCUT2D eigenvalue weighted by molar-refractivity contribution is -0.136. The fraction of sp³-hybridized carbons (Fsp3) is 0.190. The zero-order valence-corrected chi connectivity index (χ0v) is 16.9. The number of allylic oxidation sites excluding steroid dienone is 1. The van der Waals surface area contributed by atoms with Gasteiger partial charge in [-0.3, -0.25) is 9.36 Å². The van der Waals surface area contributed by atoms with E-state index in [-0.39, 0.29) is 5.56 Å². The predicted octanol–water partition coefficient (Wildman–Crippen LogP) is 2.01. The van der Waals surface area contributed by atoms with E-state index < -0.39 is 12.0 Å². The molecule has 4 rings (SSSR count). The van der Waals surface area contributed by atoms with Gasteiger partial charge in [-0.2, -0.15) is 0 Å². The van der Waals surface area contributed by atoms with E-state index in [4.69, 9.17) is 13.9 Å². The van der Waals surface area contributed by atoms with Crippen LogP contribution in [0.3, 0.4) is 0 Å². The lowest BCUT2D eigenvalue weighted by atomic mass is 9.96. The number of hydrogen-bond donors (Lipinski definition) is 0. The molecule has 0 amide bonds. The summed E-state index contributed by atoms with van der Waals surface area (Å²) in [6.07, 6.45) is 4.85. The van der Waals surface area contributed by atoms with Crippen LogP contribution in [0.25, 0.3) is 6.08 Å². The van der Waals surface area contributed by atoms with Crippen molar-refractivity contribution in [3.8, 4) is 5.75 Å². The van der Waals surface area contributed by atoms with Crippen LogP contribution in [0.4, 0.5) is 0 Å². The van der Waals surface area contributed by atoms with Crippen molar-refractivity contribution in [3.63, 3.8) is 0 Å². The number of carbonyl (C=O) groups excluding carboxylic acids is 1.